The zero-order valence-electron chi connectivity index (χ0n) is 16.2. The Morgan fingerprint density at radius 2 is 1.50 bits per heavy atom. The van der Waals surface area contributed by atoms with E-state index in [1.807, 2.05) is 18.2 Å². The normalized spacial score (nSPS) is 15.4. The predicted octanol–water partition coefficient (Wildman–Crippen LogP) is 5.87. The van der Waals surface area contributed by atoms with Gasteiger partial charge >= 0.3 is 0 Å². The molecule has 0 saturated carbocycles. The molecule has 26 heavy (non-hydrogen) atoms. The molecule has 0 radical (unpaired) electrons. The van der Waals surface area contributed by atoms with Gasteiger partial charge in [0.05, 0.1) is 0 Å². The average Bonchev–Trinajstić information content (AvgIpc) is 2.66. The Morgan fingerprint density at radius 3 is 2.08 bits per heavy atom. The van der Waals surface area contributed by atoms with Crippen LogP contribution in [-0.4, -0.2) is 18.9 Å². The Kier molecular flexibility index (Phi) is 5.61. The number of ketones is 1. The number of nitrogens with zero attached hydrogens (tertiary/aromatic N) is 1. The predicted molar refractivity (Wildman–Crippen MR) is 111 cm³/mol. The van der Waals surface area contributed by atoms with Gasteiger partial charge in [-0.05, 0) is 66.1 Å². The highest BCUT2D eigenvalue weighted by Crippen LogP contribution is 2.23. The SMILES string of the molecule is CC(C)(C)c1ccc(/C=C/C(=O)c2ccc(N3CCCCC3)cc2)cc1. The number of carbonyl (C=O) groups is 1. The molecule has 2 heteroatoms. The second kappa shape index (κ2) is 7.90. The molecule has 1 aliphatic heterocycles. The van der Waals surface area contributed by atoms with Crippen molar-refractivity contribution in [2.45, 2.75) is 45.4 Å². The van der Waals surface area contributed by atoms with Crippen molar-refractivity contribution in [3.63, 3.8) is 0 Å². The van der Waals surface area contributed by atoms with Gasteiger partial charge in [-0.1, -0.05) is 51.1 Å². The van der Waals surface area contributed by atoms with Crippen LogP contribution in [0.4, 0.5) is 5.69 Å². The minimum absolute atomic E-state index is 0.0510. The minimum atomic E-state index is 0.0510. The van der Waals surface area contributed by atoms with Crippen LogP contribution >= 0.6 is 0 Å². The lowest BCUT2D eigenvalue weighted by Crippen LogP contribution is -2.29. The quantitative estimate of drug-likeness (QED) is 0.509. The number of anilines is 1. The van der Waals surface area contributed by atoms with Crippen LogP contribution in [0.15, 0.2) is 54.6 Å². The number of hydrogen-bond donors (Lipinski definition) is 0. The van der Waals surface area contributed by atoms with Crippen LogP contribution in [0.3, 0.4) is 0 Å². The van der Waals surface area contributed by atoms with Crippen molar-refractivity contribution in [3.8, 4) is 0 Å². The summed E-state index contributed by atoms with van der Waals surface area (Å²) in [7, 11) is 0. The minimum Gasteiger partial charge on any atom is -0.372 e. The summed E-state index contributed by atoms with van der Waals surface area (Å²) in [5.74, 6) is 0.0510. The lowest BCUT2D eigenvalue weighted by molar-refractivity contribution is 0.104. The van der Waals surface area contributed by atoms with Crippen molar-refractivity contribution in [2.75, 3.05) is 18.0 Å². The van der Waals surface area contributed by atoms with Crippen LogP contribution < -0.4 is 4.90 Å². The molecule has 0 spiro atoms. The maximum absolute atomic E-state index is 12.4. The average molecular weight is 348 g/mol. The van der Waals surface area contributed by atoms with E-state index in [0.29, 0.717) is 0 Å². The van der Waals surface area contributed by atoms with E-state index in [1.54, 1.807) is 6.08 Å². The Labute approximate surface area is 157 Å². The molecular weight excluding hydrogens is 318 g/mol. The summed E-state index contributed by atoms with van der Waals surface area (Å²) in [5.41, 5.74) is 4.47. The summed E-state index contributed by atoms with van der Waals surface area (Å²) in [6.45, 7) is 8.86. The van der Waals surface area contributed by atoms with Gasteiger partial charge in [0.15, 0.2) is 5.78 Å². The van der Waals surface area contributed by atoms with Crippen molar-refractivity contribution >= 4 is 17.5 Å². The molecule has 0 N–H and O–H groups in total. The summed E-state index contributed by atoms with van der Waals surface area (Å²) in [6, 6.07) is 16.5. The molecule has 2 aromatic carbocycles. The Hall–Kier alpha value is -2.35. The third-order valence-electron chi connectivity index (χ3n) is 5.08. The van der Waals surface area contributed by atoms with Gasteiger partial charge in [-0.15, -0.1) is 0 Å². The lowest BCUT2D eigenvalue weighted by atomic mass is 9.87. The zero-order valence-corrected chi connectivity index (χ0v) is 16.2. The number of carbonyl (C=O) groups excluding carboxylic acids is 1. The van der Waals surface area contributed by atoms with Gasteiger partial charge in [-0.25, -0.2) is 0 Å². The topological polar surface area (TPSA) is 20.3 Å². The van der Waals surface area contributed by atoms with E-state index >= 15 is 0 Å². The van der Waals surface area contributed by atoms with Crippen LogP contribution in [-0.2, 0) is 5.41 Å². The third kappa shape index (κ3) is 4.63. The van der Waals surface area contributed by atoms with Gasteiger partial charge in [0.2, 0.25) is 0 Å². The first-order valence-electron chi connectivity index (χ1n) is 9.61. The lowest BCUT2D eigenvalue weighted by Gasteiger charge is -2.28. The zero-order chi connectivity index (χ0) is 18.6. The van der Waals surface area contributed by atoms with Crippen LogP contribution in [0, 0.1) is 0 Å². The first-order valence-corrected chi connectivity index (χ1v) is 9.61. The molecule has 136 valence electrons. The van der Waals surface area contributed by atoms with E-state index in [1.165, 1.54) is 30.5 Å². The van der Waals surface area contributed by atoms with Gasteiger partial charge in [0, 0.05) is 24.3 Å². The van der Waals surface area contributed by atoms with E-state index < -0.39 is 0 Å². The number of benzene rings is 2. The maximum Gasteiger partial charge on any atom is 0.185 e. The first-order chi connectivity index (χ1) is 12.4. The van der Waals surface area contributed by atoms with E-state index in [9.17, 15) is 4.79 Å². The molecule has 2 aromatic rings. The van der Waals surface area contributed by atoms with Gasteiger partial charge < -0.3 is 4.90 Å². The summed E-state index contributed by atoms with van der Waals surface area (Å²) >= 11 is 0. The number of hydrogen-bond acceptors (Lipinski definition) is 2. The summed E-state index contributed by atoms with van der Waals surface area (Å²) < 4.78 is 0. The van der Waals surface area contributed by atoms with E-state index in [-0.39, 0.29) is 11.2 Å². The van der Waals surface area contributed by atoms with Gasteiger partial charge in [-0.2, -0.15) is 0 Å². The van der Waals surface area contributed by atoms with Crippen LogP contribution in [0.1, 0.15) is 61.5 Å². The molecule has 0 amide bonds. The van der Waals surface area contributed by atoms with Gasteiger partial charge in [0.25, 0.3) is 0 Å². The van der Waals surface area contributed by atoms with Crippen molar-refractivity contribution in [2.24, 2.45) is 0 Å². The monoisotopic (exact) mass is 347 g/mol. The molecule has 1 heterocycles. The third-order valence-corrected chi connectivity index (χ3v) is 5.08. The Bertz CT molecular complexity index is 757. The Morgan fingerprint density at radius 1 is 0.885 bits per heavy atom. The fourth-order valence-electron chi connectivity index (χ4n) is 3.35. The smallest absolute Gasteiger partial charge is 0.185 e. The fourth-order valence-corrected chi connectivity index (χ4v) is 3.35. The van der Waals surface area contributed by atoms with Crippen molar-refractivity contribution in [1.29, 1.82) is 0 Å². The first kappa shape index (κ1) is 18.4. The molecule has 0 aliphatic carbocycles. The van der Waals surface area contributed by atoms with Gasteiger partial charge in [0.1, 0.15) is 0 Å². The highest BCUT2D eigenvalue weighted by molar-refractivity contribution is 6.06. The van der Waals surface area contributed by atoms with E-state index in [0.717, 1.165) is 24.2 Å². The summed E-state index contributed by atoms with van der Waals surface area (Å²) in [4.78, 5) is 14.8. The van der Waals surface area contributed by atoms with Gasteiger partial charge in [-0.3, -0.25) is 4.79 Å². The highest BCUT2D eigenvalue weighted by atomic mass is 16.1. The molecule has 0 atom stereocenters. The standard InChI is InChI=1S/C24H29NO/c1-24(2,3)21-12-7-19(8-13-21)9-16-23(26)20-10-14-22(15-11-20)25-17-5-4-6-18-25/h7-16H,4-6,17-18H2,1-3H3/b16-9+. The second-order valence-corrected chi connectivity index (χ2v) is 8.16. The molecule has 1 aliphatic rings. The molecule has 1 saturated heterocycles. The number of allylic oxidation sites excluding steroid dienone is 1. The summed E-state index contributed by atoms with van der Waals surface area (Å²) in [5, 5.41) is 0. The van der Waals surface area contributed by atoms with Crippen molar-refractivity contribution in [1.82, 2.24) is 0 Å². The summed E-state index contributed by atoms with van der Waals surface area (Å²) in [6.07, 6.45) is 7.42. The Balaban J connectivity index is 1.64. The largest absolute Gasteiger partial charge is 0.372 e. The number of piperidine rings is 1. The highest BCUT2D eigenvalue weighted by Gasteiger charge is 2.13. The molecule has 0 bridgehead atoms. The van der Waals surface area contributed by atoms with Crippen molar-refractivity contribution < 1.29 is 4.79 Å². The maximum atomic E-state index is 12.4. The van der Waals surface area contributed by atoms with E-state index in [2.05, 4.69) is 62.1 Å². The fraction of sp³-hybridized carbons (Fsp3) is 0.375. The molecule has 2 nitrogen and oxygen atoms in total. The second-order valence-electron chi connectivity index (χ2n) is 8.16. The molecular formula is C24H29NO. The van der Waals surface area contributed by atoms with E-state index in [4.69, 9.17) is 0 Å². The molecule has 1 fully saturated rings. The molecule has 0 unspecified atom stereocenters. The molecule has 0 aromatic heterocycles. The van der Waals surface area contributed by atoms with Crippen molar-refractivity contribution in [3.05, 3.63) is 71.3 Å². The van der Waals surface area contributed by atoms with Crippen LogP contribution in [0.2, 0.25) is 0 Å². The molecule has 3 rings (SSSR count). The van der Waals surface area contributed by atoms with Crippen LogP contribution in [0.25, 0.3) is 6.08 Å². The number of rotatable bonds is 4. The van der Waals surface area contributed by atoms with Crippen LogP contribution in [0.5, 0.6) is 0 Å².